The minimum atomic E-state index is -0.636. The Bertz CT molecular complexity index is 585. The van der Waals surface area contributed by atoms with Crippen molar-refractivity contribution in [3.8, 4) is 18.4 Å². The van der Waals surface area contributed by atoms with Crippen LogP contribution in [0, 0.1) is 33.8 Å². The van der Waals surface area contributed by atoms with E-state index in [9.17, 15) is 14.9 Å². The summed E-state index contributed by atoms with van der Waals surface area (Å²) in [7, 11) is 0. The predicted octanol–water partition coefficient (Wildman–Crippen LogP) is 1.85. The summed E-state index contributed by atoms with van der Waals surface area (Å²) in [6.07, 6.45) is 5.10. The van der Waals surface area contributed by atoms with E-state index < -0.39 is 10.8 Å². The zero-order valence-electron chi connectivity index (χ0n) is 9.67. The second-order valence-corrected chi connectivity index (χ2v) is 3.85. The average Bonchev–Trinajstić information content (AvgIpc) is 2.38. The number of hydrogen-bond acceptors (Lipinski definition) is 4. The van der Waals surface area contributed by atoms with Gasteiger partial charge in [0.2, 0.25) is 0 Å². The van der Waals surface area contributed by atoms with E-state index in [0.717, 1.165) is 11.0 Å². The van der Waals surface area contributed by atoms with Crippen LogP contribution < -0.4 is 0 Å². The van der Waals surface area contributed by atoms with Gasteiger partial charge in [-0.3, -0.25) is 14.9 Å². The van der Waals surface area contributed by atoms with Gasteiger partial charge in [0.05, 0.1) is 28.1 Å². The average molecular weight is 278 g/mol. The van der Waals surface area contributed by atoms with Gasteiger partial charge in [0.1, 0.15) is 6.54 Å². The van der Waals surface area contributed by atoms with E-state index in [4.69, 9.17) is 23.3 Å². The molecule has 0 heterocycles. The minimum absolute atomic E-state index is 0.0543. The van der Waals surface area contributed by atoms with Crippen LogP contribution in [0.25, 0.3) is 0 Å². The van der Waals surface area contributed by atoms with Gasteiger partial charge < -0.3 is 4.90 Å². The number of nitrogens with zero attached hydrogens (tertiary/aromatic N) is 3. The molecular weight excluding hydrogens is 270 g/mol. The minimum Gasteiger partial charge on any atom is -0.314 e. The normalized spacial score (nSPS) is 9.21. The molecule has 96 valence electrons. The highest BCUT2D eigenvalue weighted by Crippen LogP contribution is 2.23. The smallest absolute Gasteiger partial charge is 0.270 e. The molecule has 0 bridgehead atoms. The molecule has 19 heavy (non-hydrogen) atoms. The third-order valence-electron chi connectivity index (χ3n) is 2.22. The van der Waals surface area contributed by atoms with Crippen LogP contribution in [0.1, 0.15) is 10.4 Å². The lowest BCUT2D eigenvalue weighted by Crippen LogP contribution is -2.32. The van der Waals surface area contributed by atoms with Crippen LogP contribution in [0.15, 0.2) is 18.2 Å². The zero-order valence-corrected chi connectivity index (χ0v) is 10.4. The second-order valence-electron chi connectivity index (χ2n) is 3.44. The monoisotopic (exact) mass is 277 g/mol. The zero-order chi connectivity index (χ0) is 14.4. The van der Waals surface area contributed by atoms with E-state index in [2.05, 4.69) is 5.92 Å². The fraction of sp³-hybridized carbons (Fsp3) is 0.167. The van der Waals surface area contributed by atoms with Gasteiger partial charge in [0.25, 0.3) is 11.6 Å². The molecule has 0 unspecified atom stereocenters. The highest BCUT2D eigenvalue weighted by molar-refractivity contribution is 6.33. The van der Waals surface area contributed by atoms with E-state index in [1.165, 1.54) is 12.1 Å². The molecule has 0 spiro atoms. The molecule has 0 aliphatic carbocycles. The molecule has 0 saturated carbocycles. The van der Waals surface area contributed by atoms with Gasteiger partial charge >= 0.3 is 0 Å². The summed E-state index contributed by atoms with van der Waals surface area (Å²) in [5, 5.41) is 19.3. The number of amides is 1. The molecule has 0 aliphatic heterocycles. The summed E-state index contributed by atoms with van der Waals surface area (Å²) in [6.45, 7) is -0.298. The number of halogens is 1. The first-order valence-corrected chi connectivity index (χ1v) is 5.42. The maximum atomic E-state index is 12.1. The molecule has 1 aromatic carbocycles. The number of nitro groups is 1. The maximum absolute atomic E-state index is 12.1. The van der Waals surface area contributed by atoms with Crippen molar-refractivity contribution in [2.45, 2.75) is 0 Å². The molecule has 1 rings (SSSR count). The summed E-state index contributed by atoms with van der Waals surface area (Å²) in [4.78, 5) is 23.2. The first-order chi connectivity index (χ1) is 9.01. The Morgan fingerprint density at radius 1 is 1.53 bits per heavy atom. The number of nitro benzene ring substituents is 1. The number of carbonyl (C=O) groups is 1. The van der Waals surface area contributed by atoms with Crippen molar-refractivity contribution in [2.24, 2.45) is 0 Å². The summed E-state index contributed by atoms with van der Waals surface area (Å²) < 4.78 is 0. The van der Waals surface area contributed by atoms with Crippen molar-refractivity contribution in [3.63, 3.8) is 0 Å². The maximum Gasteiger partial charge on any atom is 0.270 e. The molecule has 0 radical (unpaired) electrons. The van der Waals surface area contributed by atoms with Gasteiger partial charge in [-0.2, -0.15) is 5.26 Å². The van der Waals surface area contributed by atoms with Crippen molar-refractivity contribution in [1.82, 2.24) is 4.90 Å². The number of benzene rings is 1. The predicted molar refractivity (Wildman–Crippen MR) is 68.5 cm³/mol. The SMILES string of the molecule is C#CCN(CC#N)C(=O)c1cc([N+](=O)[O-])ccc1Cl. The van der Waals surface area contributed by atoms with Crippen molar-refractivity contribution in [3.05, 3.63) is 38.9 Å². The highest BCUT2D eigenvalue weighted by atomic mass is 35.5. The molecule has 0 atom stereocenters. The summed E-state index contributed by atoms with van der Waals surface area (Å²) in [5.74, 6) is 1.62. The first kappa shape index (κ1) is 14.5. The lowest BCUT2D eigenvalue weighted by molar-refractivity contribution is -0.384. The number of carbonyl (C=O) groups excluding carboxylic acids is 1. The van der Waals surface area contributed by atoms with Crippen molar-refractivity contribution in [1.29, 1.82) is 5.26 Å². The molecular formula is C12H8ClN3O3. The Balaban J connectivity index is 3.17. The van der Waals surface area contributed by atoms with E-state index in [1.807, 2.05) is 0 Å². The van der Waals surface area contributed by atoms with Gasteiger partial charge in [-0.1, -0.05) is 17.5 Å². The lowest BCUT2D eigenvalue weighted by Gasteiger charge is -2.17. The summed E-state index contributed by atoms with van der Waals surface area (Å²) >= 11 is 5.84. The topological polar surface area (TPSA) is 87.2 Å². The van der Waals surface area contributed by atoms with Gasteiger partial charge in [-0.25, -0.2) is 0 Å². The Hall–Kier alpha value is -2.57. The highest BCUT2D eigenvalue weighted by Gasteiger charge is 2.20. The van der Waals surface area contributed by atoms with Gasteiger partial charge in [0, 0.05) is 12.1 Å². The molecule has 0 saturated heterocycles. The molecule has 0 N–H and O–H groups in total. The number of non-ortho nitro benzene ring substituents is 1. The van der Waals surface area contributed by atoms with Crippen LogP contribution in [0.4, 0.5) is 5.69 Å². The number of hydrogen-bond donors (Lipinski definition) is 0. The number of rotatable bonds is 4. The summed E-state index contributed by atoms with van der Waals surface area (Å²) in [6, 6.07) is 5.30. The molecule has 0 aliphatic rings. The Morgan fingerprint density at radius 2 is 2.21 bits per heavy atom. The third-order valence-corrected chi connectivity index (χ3v) is 2.55. The third kappa shape index (κ3) is 3.44. The number of terminal acetylenes is 1. The van der Waals surface area contributed by atoms with Crippen molar-refractivity contribution < 1.29 is 9.72 Å². The van der Waals surface area contributed by atoms with Crippen molar-refractivity contribution in [2.75, 3.05) is 13.1 Å². The Morgan fingerprint density at radius 3 is 2.74 bits per heavy atom. The fourth-order valence-corrected chi connectivity index (χ4v) is 1.55. The quantitative estimate of drug-likeness (QED) is 0.364. The molecule has 0 fully saturated rings. The van der Waals surface area contributed by atoms with Crippen LogP contribution in [0.5, 0.6) is 0 Å². The van der Waals surface area contributed by atoms with E-state index in [-0.39, 0.29) is 29.4 Å². The molecule has 7 heteroatoms. The lowest BCUT2D eigenvalue weighted by atomic mass is 10.1. The van der Waals surface area contributed by atoms with Gasteiger partial charge in [0.15, 0.2) is 0 Å². The van der Waals surface area contributed by atoms with Crippen LogP contribution in [-0.2, 0) is 0 Å². The van der Waals surface area contributed by atoms with Crippen LogP contribution in [0.2, 0.25) is 5.02 Å². The molecule has 1 aromatic rings. The van der Waals surface area contributed by atoms with E-state index >= 15 is 0 Å². The van der Waals surface area contributed by atoms with Crippen LogP contribution >= 0.6 is 11.6 Å². The van der Waals surface area contributed by atoms with E-state index in [0.29, 0.717) is 0 Å². The standard InChI is InChI=1S/C12H8ClN3O3/c1-2-6-15(7-5-14)12(17)10-8-9(16(18)19)3-4-11(10)13/h1,3-4,8H,6-7H2. The molecule has 0 aromatic heterocycles. The summed E-state index contributed by atoms with van der Waals surface area (Å²) in [5.41, 5.74) is -0.313. The molecule has 6 nitrogen and oxygen atoms in total. The fourth-order valence-electron chi connectivity index (χ4n) is 1.36. The second kappa shape index (κ2) is 6.39. The molecule has 1 amide bonds. The van der Waals surface area contributed by atoms with Crippen molar-refractivity contribution >= 4 is 23.2 Å². The first-order valence-electron chi connectivity index (χ1n) is 5.05. The Labute approximate surface area is 114 Å². The Kier molecular flexibility index (Phi) is 4.87. The van der Waals surface area contributed by atoms with Gasteiger partial charge in [-0.15, -0.1) is 6.42 Å². The van der Waals surface area contributed by atoms with Crippen LogP contribution in [0.3, 0.4) is 0 Å². The van der Waals surface area contributed by atoms with Crippen LogP contribution in [-0.4, -0.2) is 28.8 Å². The number of nitriles is 1. The largest absolute Gasteiger partial charge is 0.314 e. The van der Waals surface area contributed by atoms with E-state index in [1.54, 1.807) is 6.07 Å². The van der Waals surface area contributed by atoms with Gasteiger partial charge in [-0.05, 0) is 6.07 Å².